The molecular formula is C22H31N5O5S. The lowest BCUT2D eigenvalue weighted by Crippen LogP contribution is -2.51. The first-order valence-corrected chi connectivity index (χ1v) is 13.1. The number of rotatable bonds is 4. The summed E-state index contributed by atoms with van der Waals surface area (Å²) in [4.78, 5) is 15.2. The molecule has 4 heterocycles. The number of benzene rings is 1. The minimum atomic E-state index is -3.73. The van der Waals surface area contributed by atoms with Gasteiger partial charge < -0.3 is 14.4 Å². The number of sulfonamides is 1. The molecule has 3 fully saturated rings. The van der Waals surface area contributed by atoms with Gasteiger partial charge in [-0.05, 0) is 44.9 Å². The van der Waals surface area contributed by atoms with Crippen molar-refractivity contribution in [2.24, 2.45) is 5.92 Å². The number of aromatic nitrogens is 3. The predicted molar refractivity (Wildman–Crippen MR) is 120 cm³/mol. The summed E-state index contributed by atoms with van der Waals surface area (Å²) < 4.78 is 41.5. The smallest absolute Gasteiger partial charge is 0.243 e. The zero-order chi connectivity index (χ0) is 23.2. The Morgan fingerprint density at radius 3 is 2.58 bits per heavy atom. The van der Waals surface area contributed by atoms with E-state index in [0.717, 1.165) is 5.52 Å². The SMILES string of the molecule is CC(C)n1nnc2cc(S(=O)(=O)N3CCCC(C(=O)N4CCC5(CC4)OCCO5)C3)ccc21. The molecule has 10 nitrogen and oxygen atoms in total. The lowest BCUT2D eigenvalue weighted by Gasteiger charge is -2.40. The molecule has 1 unspecified atom stereocenters. The molecule has 1 atom stereocenters. The monoisotopic (exact) mass is 477 g/mol. The number of nitrogens with zero attached hydrogens (tertiary/aromatic N) is 5. The predicted octanol–water partition coefficient (Wildman–Crippen LogP) is 1.78. The molecule has 1 aromatic heterocycles. The van der Waals surface area contributed by atoms with Crippen LogP contribution < -0.4 is 0 Å². The third kappa shape index (κ3) is 4.16. The van der Waals surface area contributed by atoms with Crippen molar-refractivity contribution in [3.63, 3.8) is 0 Å². The van der Waals surface area contributed by atoms with Crippen LogP contribution >= 0.6 is 0 Å². The van der Waals surface area contributed by atoms with Crippen LogP contribution in [0.25, 0.3) is 11.0 Å². The summed E-state index contributed by atoms with van der Waals surface area (Å²) in [6.07, 6.45) is 2.67. The number of hydrogen-bond acceptors (Lipinski definition) is 7. The summed E-state index contributed by atoms with van der Waals surface area (Å²) in [7, 11) is -3.73. The van der Waals surface area contributed by atoms with Crippen molar-refractivity contribution in [2.75, 3.05) is 39.4 Å². The minimum absolute atomic E-state index is 0.0260. The number of hydrogen-bond donors (Lipinski definition) is 0. The Morgan fingerprint density at radius 1 is 1.15 bits per heavy atom. The van der Waals surface area contributed by atoms with E-state index in [1.54, 1.807) is 22.9 Å². The van der Waals surface area contributed by atoms with Crippen molar-refractivity contribution in [2.45, 2.75) is 56.3 Å². The third-order valence-corrected chi connectivity index (χ3v) is 8.81. The molecule has 0 saturated carbocycles. The number of carbonyl (C=O) groups excluding carboxylic acids is 1. The van der Waals surface area contributed by atoms with E-state index < -0.39 is 15.8 Å². The first-order valence-electron chi connectivity index (χ1n) is 11.7. The number of ether oxygens (including phenoxy) is 2. The van der Waals surface area contributed by atoms with Gasteiger partial charge >= 0.3 is 0 Å². The van der Waals surface area contributed by atoms with Gasteiger partial charge in [-0.15, -0.1) is 5.10 Å². The molecular weight excluding hydrogens is 446 g/mol. The van der Waals surface area contributed by atoms with E-state index in [4.69, 9.17) is 9.47 Å². The quantitative estimate of drug-likeness (QED) is 0.661. The van der Waals surface area contributed by atoms with Gasteiger partial charge in [0.25, 0.3) is 0 Å². The molecule has 1 spiro atoms. The molecule has 2 aromatic rings. The lowest BCUT2D eigenvalue weighted by molar-refractivity contribution is -0.188. The number of amides is 1. The van der Waals surface area contributed by atoms with Crippen molar-refractivity contribution < 1.29 is 22.7 Å². The number of piperidine rings is 2. The number of carbonyl (C=O) groups is 1. The van der Waals surface area contributed by atoms with E-state index in [9.17, 15) is 13.2 Å². The van der Waals surface area contributed by atoms with Gasteiger partial charge in [0.2, 0.25) is 15.9 Å². The summed E-state index contributed by atoms with van der Waals surface area (Å²) >= 11 is 0. The van der Waals surface area contributed by atoms with Crippen LogP contribution in [0.5, 0.6) is 0 Å². The van der Waals surface area contributed by atoms with E-state index in [1.807, 2.05) is 18.7 Å². The maximum absolute atomic E-state index is 13.4. The average molecular weight is 478 g/mol. The summed E-state index contributed by atoms with van der Waals surface area (Å²) in [6.45, 7) is 6.96. The highest BCUT2D eigenvalue weighted by atomic mass is 32.2. The summed E-state index contributed by atoms with van der Waals surface area (Å²) in [5.74, 6) is -0.842. The Morgan fingerprint density at radius 2 is 1.88 bits per heavy atom. The van der Waals surface area contributed by atoms with Crippen molar-refractivity contribution in [3.05, 3.63) is 18.2 Å². The fourth-order valence-corrected chi connectivity index (χ4v) is 6.63. The van der Waals surface area contributed by atoms with Gasteiger partial charge in [-0.2, -0.15) is 4.31 Å². The van der Waals surface area contributed by atoms with Crippen molar-refractivity contribution in [3.8, 4) is 0 Å². The lowest BCUT2D eigenvalue weighted by atomic mass is 9.96. The van der Waals surface area contributed by atoms with E-state index in [0.29, 0.717) is 64.0 Å². The average Bonchev–Trinajstić information content (AvgIpc) is 3.46. The van der Waals surface area contributed by atoms with E-state index in [1.165, 1.54) is 4.31 Å². The second-order valence-corrected chi connectivity index (χ2v) is 11.4. The molecule has 0 N–H and O–H groups in total. The van der Waals surface area contributed by atoms with Crippen LogP contribution in [0, 0.1) is 5.92 Å². The normalized spacial score (nSPS) is 24.2. The molecule has 0 aliphatic carbocycles. The van der Waals surface area contributed by atoms with Crippen LogP contribution in [0.4, 0.5) is 0 Å². The summed E-state index contributed by atoms with van der Waals surface area (Å²) in [6, 6.07) is 5.07. The van der Waals surface area contributed by atoms with E-state index in [-0.39, 0.29) is 29.3 Å². The van der Waals surface area contributed by atoms with Crippen LogP contribution in [0.1, 0.15) is 45.6 Å². The zero-order valence-electron chi connectivity index (χ0n) is 19.1. The molecule has 1 aromatic carbocycles. The Bertz CT molecular complexity index is 1130. The zero-order valence-corrected chi connectivity index (χ0v) is 20.0. The minimum Gasteiger partial charge on any atom is -0.347 e. The highest BCUT2D eigenvalue weighted by molar-refractivity contribution is 7.89. The first kappa shape index (κ1) is 22.7. The third-order valence-electron chi connectivity index (χ3n) is 6.95. The molecule has 5 rings (SSSR count). The molecule has 3 saturated heterocycles. The number of likely N-dealkylation sites (tertiary alicyclic amines) is 1. The van der Waals surface area contributed by atoms with E-state index in [2.05, 4.69) is 10.3 Å². The standard InChI is InChI=1S/C22H31N5O5S/c1-16(2)27-20-6-5-18(14-19(20)23-24-27)33(29,30)26-9-3-4-17(15-26)21(28)25-10-7-22(8-11-25)31-12-13-32-22/h5-6,14,16-17H,3-4,7-13,15H2,1-2H3. The second kappa shape index (κ2) is 8.61. The Balaban J connectivity index is 1.29. The Hall–Kier alpha value is -2.08. The van der Waals surface area contributed by atoms with Gasteiger partial charge in [0.05, 0.1) is 29.5 Å². The maximum atomic E-state index is 13.4. The molecule has 11 heteroatoms. The van der Waals surface area contributed by atoms with Gasteiger partial charge in [-0.1, -0.05) is 5.21 Å². The maximum Gasteiger partial charge on any atom is 0.243 e. The van der Waals surface area contributed by atoms with Crippen LogP contribution in [-0.2, 0) is 24.3 Å². The first-order chi connectivity index (χ1) is 15.8. The van der Waals surface area contributed by atoms with Gasteiger partial charge in [-0.25, -0.2) is 13.1 Å². The largest absolute Gasteiger partial charge is 0.347 e. The highest BCUT2D eigenvalue weighted by Gasteiger charge is 2.42. The fraction of sp³-hybridized carbons (Fsp3) is 0.682. The highest BCUT2D eigenvalue weighted by Crippen LogP contribution is 2.33. The molecule has 1 amide bonds. The molecule has 0 radical (unpaired) electrons. The second-order valence-electron chi connectivity index (χ2n) is 9.41. The molecule has 180 valence electrons. The topological polar surface area (TPSA) is 107 Å². The van der Waals surface area contributed by atoms with Crippen LogP contribution in [-0.4, -0.2) is 83.7 Å². The van der Waals surface area contributed by atoms with Gasteiger partial charge in [-0.3, -0.25) is 4.79 Å². The number of fused-ring (bicyclic) bond motifs is 1. The molecule has 33 heavy (non-hydrogen) atoms. The van der Waals surface area contributed by atoms with Gasteiger partial charge in [0, 0.05) is 45.1 Å². The van der Waals surface area contributed by atoms with Crippen molar-refractivity contribution in [1.29, 1.82) is 0 Å². The van der Waals surface area contributed by atoms with Gasteiger partial charge in [0.15, 0.2) is 5.79 Å². The Labute approximate surface area is 193 Å². The fourth-order valence-electron chi connectivity index (χ4n) is 5.09. The van der Waals surface area contributed by atoms with Gasteiger partial charge in [0.1, 0.15) is 5.52 Å². The Kier molecular flexibility index (Phi) is 5.92. The molecule has 0 bridgehead atoms. The van der Waals surface area contributed by atoms with Crippen LogP contribution in [0.2, 0.25) is 0 Å². The van der Waals surface area contributed by atoms with Crippen molar-refractivity contribution >= 4 is 27.0 Å². The summed E-state index contributed by atoms with van der Waals surface area (Å²) in [5.41, 5.74) is 1.35. The van der Waals surface area contributed by atoms with E-state index >= 15 is 0 Å². The molecule has 3 aliphatic rings. The van der Waals surface area contributed by atoms with Crippen molar-refractivity contribution in [1.82, 2.24) is 24.2 Å². The van der Waals surface area contributed by atoms with Crippen LogP contribution in [0.3, 0.4) is 0 Å². The molecule has 3 aliphatic heterocycles. The summed E-state index contributed by atoms with van der Waals surface area (Å²) in [5, 5.41) is 8.28. The van der Waals surface area contributed by atoms with Crippen LogP contribution in [0.15, 0.2) is 23.1 Å².